The lowest BCUT2D eigenvalue weighted by Gasteiger charge is -2.40. The second-order valence-electron chi connectivity index (χ2n) is 29.5. The fraction of sp³-hybridized carbons (Fsp3) is 0.326. The number of nitrogens with one attached hydrogen (secondary N) is 1. The lowest BCUT2D eigenvalue weighted by molar-refractivity contribution is 0.178. The zero-order valence-electron chi connectivity index (χ0n) is 62.9. The van der Waals surface area contributed by atoms with Crippen LogP contribution in [0.15, 0.2) is 147 Å². The molecule has 0 saturated heterocycles. The third-order valence-electron chi connectivity index (χ3n) is 22.9. The summed E-state index contributed by atoms with van der Waals surface area (Å²) in [4.78, 5) is 32.6. The molecule has 0 fully saturated rings. The van der Waals surface area contributed by atoms with Gasteiger partial charge < -0.3 is 73.3 Å². The number of methoxy groups -OCH3 is 4. The van der Waals surface area contributed by atoms with Crippen molar-refractivity contribution in [2.24, 2.45) is 0 Å². The standard InChI is InChI=1S/C43H43N7O5.C35H34N2O5.C8H10ClN5/c1-48-15-11-28-21-37(52-3)40-41-38(28)32(48)17-25-5-8-29(9-6-25)53-34-19-26(7-10-33(34)51-2)18-31-30-22-36(55-41)35(54-40)20-27(30)12-16-49(31)13-4-14-50-24-47-39-42(44)45-23-46-43(39)50;1-37-13-11-23-18-32(39-3)34-35-33(23)27(37)15-20-4-7-24(8-5-20)40-29-16-21(6-9-28(29)38-2)14-26-25-19-31(42-35)30(41-34)17-22(25)10-12-36-26;9-2-1-3-14-5-13-6-7(10)11-4-12-8(6)14/h5-10,19-24,31-32H,4,11-18H2,1-3H3,(H2,44,45,46);4-9,16-19,26-27,36H,10-15H2,1-3H3;4-5H,1-3H2,(H2,10,11,12)/t31-,32-;26-,27-;/m00./s1. The number of likely N-dealkylation sites (N-methyl/N-ethyl adjacent to an activating group) is 2. The lowest BCUT2D eigenvalue weighted by Crippen LogP contribution is -2.37. The van der Waals surface area contributed by atoms with Crippen molar-refractivity contribution in [2.45, 2.75) is 101 Å². The van der Waals surface area contributed by atoms with Crippen molar-refractivity contribution in [3.05, 3.63) is 213 Å². The van der Waals surface area contributed by atoms with Crippen molar-refractivity contribution in [1.29, 1.82) is 0 Å². The number of aromatic nitrogens is 8. The van der Waals surface area contributed by atoms with Gasteiger partial charge in [-0.15, -0.1) is 11.6 Å². The number of ether oxygens (including phenoxy) is 10. The fourth-order valence-corrected chi connectivity index (χ4v) is 17.2. The molecule has 14 heterocycles. The number of fused-ring (bicyclic) bond motifs is 6. The molecule has 12 aromatic rings. The van der Waals surface area contributed by atoms with Crippen molar-refractivity contribution in [3.8, 4) is 92.0 Å². The van der Waals surface area contributed by atoms with Crippen LogP contribution < -0.4 is 64.2 Å². The zero-order chi connectivity index (χ0) is 75.5. The molecule has 4 aromatic heterocycles. The van der Waals surface area contributed by atoms with Crippen LogP contribution >= 0.6 is 11.6 Å². The summed E-state index contributed by atoms with van der Waals surface area (Å²) >= 11 is 5.61. The summed E-state index contributed by atoms with van der Waals surface area (Å²) in [6.45, 7) is 6.09. The van der Waals surface area contributed by atoms with E-state index in [1.54, 1.807) is 34.8 Å². The summed E-state index contributed by atoms with van der Waals surface area (Å²) in [7, 11) is 11.2. The van der Waals surface area contributed by atoms with Crippen LogP contribution in [-0.4, -0.2) is 135 Å². The quantitative estimate of drug-likeness (QED) is 0.102. The number of aryl methyl sites for hydroxylation is 2. The highest BCUT2D eigenvalue weighted by Gasteiger charge is 2.40. The molecule has 22 rings (SSSR count). The molecule has 4 atom stereocenters. The Labute approximate surface area is 648 Å². The average Bonchev–Trinajstić information content (AvgIpc) is 1.09. The first-order chi connectivity index (χ1) is 54.3. The summed E-state index contributed by atoms with van der Waals surface area (Å²) in [5.41, 5.74) is 29.1. The molecule has 10 aliphatic heterocycles. The van der Waals surface area contributed by atoms with Crippen molar-refractivity contribution >= 4 is 45.6 Å². The Balaban J connectivity index is 0.000000135. The monoisotopic (exact) mass is 1510 g/mol. The van der Waals surface area contributed by atoms with E-state index < -0.39 is 0 Å². The van der Waals surface area contributed by atoms with Crippen molar-refractivity contribution in [3.63, 3.8) is 0 Å². The highest BCUT2D eigenvalue weighted by atomic mass is 35.5. The molecule has 0 aliphatic carbocycles. The van der Waals surface area contributed by atoms with E-state index in [4.69, 9.17) is 70.4 Å². The van der Waals surface area contributed by atoms with Crippen molar-refractivity contribution in [1.82, 2.24) is 59.1 Å². The van der Waals surface area contributed by atoms with E-state index in [1.807, 2.05) is 47.3 Å². The van der Waals surface area contributed by atoms with Gasteiger partial charge in [0.1, 0.15) is 35.2 Å². The van der Waals surface area contributed by atoms with Gasteiger partial charge in [0, 0.05) is 80.4 Å². The van der Waals surface area contributed by atoms with Crippen LogP contribution in [0.1, 0.15) is 104 Å². The van der Waals surface area contributed by atoms with Gasteiger partial charge in [0.05, 0.1) is 41.1 Å². The first-order valence-corrected chi connectivity index (χ1v) is 38.5. The number of hydrogen-bond acceptors (Lipinski definition) is 22. The number of nitrogens with zero attached hydrogens (tertiary/aromatic N) is 11. The summed E-state index contributed by atoms with van der Waals surface area (Å²) < 4.78 is 67.5. The Morgan fingerprint density at radius 3 is 1.41 bits per heavy atom. The predicted octanol–water partition coefficient (Wildman–Crippen LogP) is 15.4. The Morgan fingerprint density at radius 2 is 0.892 bits per heavy atom. The molecule has 25 heteroatoms. The number of imidazole rings is 2. The minimum atomic E-state index is 0.0640. The maximum atomic E-state index is 7.05. The van der Waals surface area contributed by atoms with E-state index in [1.165, 1.54) is 68.3 Å². The van der Waals surface area contributed by atoms with Gasteiger partial charge in [0.2, 0.25) is 11.5 Å². The van der Waals surface area contributed by atoms with E-state index in [9.17, 15) is 0 Å². The Kier molecular flexibility index (Phi) is 19.3. The molecule has 14 bridgehead atoms. The number of anilines is 2. The highest BCUT2D eigenvalue weighted by molar-refractivity contribution is 6.17. The number of nitrogen functional groups attached to an aromatic ring is 2. The van der Waals surface area contributed by atoms with Crippen LogP contribution in [0.4, 0.5) is 11.6 Å². The van der Waals surface area contributed by atoms with Gasteiger partial charge in [-0.2, -0.15) is 0 Å². The Bertz CT molecular complexity index is 5540. The highest BCUT2D eigenvalue weighted by Crippen LogP contribution is 2.59. The molecule has 24 nitrogen and oxygen atoms in total. The van der Waals surface area contributed by atoms with Crippen LogP contribution in [-0.2, 0) is 64.5 Å². The minimum Gasteiger partial charge on any atom is -0.493 e. The zero-order valence-corrected chi connectivity index (χ0v) is 63.7. The molecule has 5 N–H and O–H groups in total. The molecular formula is C86H87ClN14O10. The second-order valence-corrected chi connectivity index (χ2v) is 29.9. The molecule has 10 aliphatic rings. The van der Waals surface area contributed by atoms with Crippen molar-refractivity contribution < 1.29 is 47.4 Å². The van der Waals surface area contributed by atoms with Crippen LogP contribution in [0.5, 0.6) is 92.0 Å². The van der Waals surface area contributed by atoms with Gasteiger partial charge in [0.15, 0.2) is 91.9 Å². The predicted molar refractivity (Wildman–Crippen MR) is 423 cm³/mol. The molecule has 111 heavy (non-hydrogen) atoms. The first kappa shape index (κ1) is 71.2. The van der Waals surface area contributed by atoms with Crippen LogP contribution in [0, 0.1) is 0 Å². The topological polar surface area (TPSA) is 253 Å². The van der Waals surface area contributed by atoms with Gasteiger partial charge >= 0.3 is 0 Å². The average molecular weight is 1510 g/mol. The normalized spacial score (nSPS) is 18.2. The van der Waals surface area contributed by atoms with Crippen LogP contribution in [0.3, 0.4) is 0 Å². The first-order valence-electron chi connectivity index (χ1n) is 38.0. The van der Waals surface area contributed by atoms with Gasteiger partial charge in [-0.05, 0) is 225 Å². The molecule has 0 amide bonds. The smallest absolute Gasteiger partial charge is 0.212 e. The fourth-order valence-electron chi connectivity index (χ4n) is 17.1. The largest absolute Gasteiger partial charge is 0.493 e. The molecule has 0 unspecified atom stereocenters. The third-order valence-corrected chi connectivity index (χ3v) is 23.2. The maximum Gasteiger partial charge on any atom is 0.212 e. The Morgan fingerprint density at radius 1 is 0.432 bits per heavy atom. The van der Waals surface area contributed by atoms with E-state index in [2.05, 4.69) is 154 Å². The summed E-state index contributed by atoms with van der Waals surface area (Å²) in [6.07, 6.45) is 15.1. The molecular weight excluding hydrogens is 1420 g/mol. The number of alkyl halides is 1. The van der Waals surface area contributed by atoms with Gasteiger partial charge in [0.25, 0.3) is 0 Å². The van der Waals surface area contributed by atoms with E-state index in [0.717, 1.165) is 178 Å². The van der Waals surface area contributed by atoms with Crippen LogP contribution in [0.25, 0.3) is 22.3 Å². The second kappa shape index (κ2) is 30.1. The van der Waals surface area contributed by atoms with E-state index in [-0.39, 0.29) is 24.2 Å². The lowest BCUT2D eigenvalue weighted by atomic mass is 9.86. The number of halogens is 1. The van der Waals surface area contributed by atoms with Gasteiger partial charge in [-0.25, -0.2) is 29.9 Å². The molecule has 0 radical (unpaired) electrons. The van der Waals surface area contributed by atoms with Crippen LogP contribution in [0.2, 0.25) is 0 Å². The summed E-state index contributed by atoms with van der Waals surface area (Å²) in [6, 6.07) is 42.7. The van der Waals surface area contributed by atoms with Gasteiger partial charge in [-0.1, -0.05) is 36.4 Å². The molecule has 0 saturated carbocycles. The SMILES string of the molecule is COc1ccc2cc1Oc1ccc(cc1)C[C@H]1c3c(cc(OC)c4c3Oc3cc5c(cc3O4)CCN(CCCn3cnc4c(N)ncnc43)[C@H]5C2)CCN1C.COc1ccc2cc1Oc1ccc(cc1)C[C@H]1c3c(cc(OC)c4c3Oc3cc5c(cc3O4)CCN[C@H]5C2)CCN1C.Nc1ncnc2c1ncn2CCCCl. The minimum absolute atomic E-state index is 0.0640. The maximum absolute atomic E-state index is 7.05. The van der Waals surface area contributed by atoms with E-state index >= 15 is 0 Å². The number of rotatable bonds is 11. The molecule has 0 spiro atoms. The van der Waals surface area contributed by atoms with Crippen molar-refractivity contribution in [2.75, 3.05) is 92.6 Å². The third kappa shape index (κ3) is 13.6. The van der Waals surface area contributed by atoms with E-state index in [0.29, 0.717) is 74.5 Å². The van der Waals surface area contributed by atoms with Gasteiger partial charge in [-0.3, -0.25) is 14.7 Å². The number of nitrogens with two attached hydrogens (primary N) is 2. The molecule has 568 valence electrons. The Hall–Kier alpha value is -11.4. The number of hydrogen-bond donors (Lipinski definition) is 3. The number of benzene rings is 8. The molecule has 8 aromatic carbocycles. The summed E-state index contributed by atoms with van der Waals surface area (Å²) in [5, 5.41) is 3.74. The summed E-state index contributed by atoms with van der Waals surface area (Å²) in [5.74, 6) is 13.0.